The Morgan fingerprint density at radius 2 is 2.08 bits per heavy atom. The van der Waals surface area contributed by atoms with Crippen LogP contribution in [0.25, 0.3) is 0 Å². The summed E-state index contributed by atoms with van der Waals surface area (Å²) in [5.74, 6) is 0.968. The van der Waals surface area contributed by atoms with Gasteiger partial charge in [0.05, 0.1) is 29.0 Å². The second kappa shape index (κ2) is 7.07. The van der Waals surface area contributed by atoms with E-state index in [2.05, 4.69) is 47.4 Å². The first-order chi connectivity index (χ1) is 11.4. The van der Waals surface area contributed by atoms with Crippen LogP contribution in [0.3, 0.4) is 0 Å². The number of piperidine rings is 1. The third kappa shape index (κ3) is 4.05. The molecule has 0 atom stereocenters. The van der Waals surface area contributed by atoms with Crippen LogP contribution in [0.2, 0.25) is 0 Å². The largest absolute Gasteiger partial charge is 0.393 e. The van der Waals surface area contributed by atoms with Crippen LogP contribution in [-0.2, 0) is 12.0 Å². The van der Waals surface area contributed by atoms with Gasteiger partial charge in [-0.05, 0) is 25.0 Å². The van der Waals surface area contributed by atoms with Crippen LogP contribution in [0.4, 0.5) is 11.5 Å². The quantitative estimate of drug-likeness (QED) is 0.888. The van der Waals surface area contributed by atoms with Gasteiger partial charge in [-0.3, -0.25) is 0 Å². The maximum Gasteiger partial charge on any atom is 0.151 e. The maximum atomic E-state index is 9.69. The van der Waals surface area contributed by atoms with Crippen molar-refractivity contribution in [3.8, 4) is 0 Å². The van der Waals surface area contributed by atoms with E-state index in [9.17, 15) is 5.11 Å². The highest BCUT2D eigenvalue weighted by molar-refractivity contribution is 7.09. The number of anilines is 2. The molecule has 6 heteroatoms. The lowest BCUT2D eigenvalue weighted by molar-refractivity contribution is 0.145. The van der Waals surface area contributed by atoms with Crippen molar-refractivity contribution < 1.29 is 5.11 Å². The van der Waals surface area contributed by atoms with E-state index >= 15 is 0 Å². The van der Waals surface area contributed by atoms with Crippen LogP contribution >= 0.6 is 11.3 Å². The van der Waals surface area contributed by atoms with Crippen LogP contribution < -0.4 is 10.2 Å². The SMILES string of the molecule is CC(C)(C)c1nc(CNc2cccnc2N2CCC(O)CC2)cs1. The first-order valence-electron chi connectivity index (χ1n) is 8.50. The van der Waals surface area contributed by atoms with Crippen LogP contribution in [-0.4, -0.2) is 34.3 Å². The van der Waals surface area contributed by atoms with Crippen molar-refractivity contribution >= 4 is 22.8 Å². The van der Waals surface area contributed by atoms with Crippen LogP contribution in [0, 0.1) is 0 Å². The number of hydrogen-bond acceptors (Lipinski definition) is 6. The maximum absolute atomic E-state index is 9.69. The van der Waals surface area contributed by atoms with Crippen molar-refractivity contribution in [1.82, 2.24) is 9.97 Å². The van der Waals surface area contributed by atoms with E-state index in [1.807, 2.05) is 12.3 Å². The van der Waals surface area contributed by atoms with Crippen molar-refractivity contribution in [1.29, 1.82) is 0 Å². The van der Waals surface area contributed by atoms with Gasteiger partial charge in [0.2, 0.25) is 0 Å². The summed E-state index contributed by atoms with van der Waals surface area (Å²) in [5.41, 5.74) is 2.18. The number of nitrogens with zero attached hydrogens (tertiary/aromatic N) is 3. The Morgan fingerprint density at radius 3 is 2.75 bits per heavy atom. The Hall–Kier alpha value is -1.66. The van der Waals surface area contributed by atoms with Gasteiger partial charge in [-0.15, -0.1) is 11.3 Å². The fraction of sp³-hybridized carbons (Fsp3) is 0.556. The van der Waals surface area contributed by atoms with E-state index in [-0.39, 0.29) is 11.5 Å². The zero-order valence-corrected chi connectivity index (χ0v) is 15.4. The normalized spacial score (nSPS) is 16.4. The molecule has 0 spiro atoms. The van der Waals surface area contributed by atoms with Crippen molar-refractivity contribution in [3.05, 3.63) is 34.4 Å². The highest BCUT2D eigenvalue weighted by atomic mass is 32.1. The van der Waals surface area contributed by atoms with E-state index in [1.165, 1.54) is 0 Å². The summed E-state index contributed by atoms with van der Waals surface area (Å²) < 4.78 is 0. The first-order valence-corrected chi connectivity index (χ1v) is 9.38. The molecule has 0 radical (unpaired) electrons. The summed E-state index contributed by atoms with van der Waals surface area (Å²) in [6.45, 7) is 8.95. The van der Waals surface area contributed by atoms with Crippen molar-refractivity contribution in [2.24, 2.45) is 0 Å². The predicted octanol–water partition coefficient (Wildman–Crippen LogP) is 3.41. The topological polar surface area (TPSA) is 61.3 Å². The highest BCUT2D eigenvalue weighted by Gasteiger charge is 2.21. The summed E-state index contributed by atoms with van der Waals surface area (Å²) in [5, 5.41) is 16.5. The molecule has 0 bridgehead atoms. The Morgan fingerprint density at radius 1 is 1.33 bits per heavy atom. The van der Waals surface area contributed by atoms with Crippen LogP contribution in [0.1, 0.15) is 44.3 Å². The van der Waals surface area contributed by atoms with Crippen LogP contribution in [0.5, 0.6) is 0 Å². The molecule has 1 aliphatic rings. The van der Waals surface area contributed by atoms with E-state index < -0.39 is 0 Å². The monoisotopic (exact) mass is 346 g/mol. The molecule has 2 aromatic heterocycles. The number of nitrogens with one attached hydrogen (secondary N) is 1. The van der Waals surface area contributed by atoms with E-state index in [0.29, 0.717) is 6.54 Å². The molecular formula is C18H26N4OS. The van der Waals surface area contributed by atoms with Gasteiger partial charge >= 0.3 is 0 Å². The smallest absolute Gasteiger partial charge is 0.151 e. The van der Waals surface area contributed by atoms with Crippen molar-refractivity contribution in [2.45, 2.75) is 51.7 Å². The van der Waals surface area contributed by atoms with Crippen molar-refractivity contribution in [3.63, 3.8) is 0 Å². The Labute approximate surface area is 147 Å². The number of aromatic nitrogens is 2. The predicted molar refractivity (Wildman–Crippen MR) is 99.8 cm³/mol. The Balaban J connectivity index is 1.68. The molecule has 0 aromatic carbocycles. The van der Waals surface area contributed by atoms with Gasteiger partial charge in [0, 0.05) is 30.1 Å². The number of hydrogen-bond donors (Lipinski definition) is 2. The molecule has 130 valence electrons. The second-order valence-corrected chi connectivity index (χ2v) is 8.20. The first kappa shape index (κ1) is 17.2. The summed E-state index contributed by atoms with van der Waals surface area (Å²) in [4.78, 5) is 11.5. The number of aliphatic hydroxyl groups excluding tert-OH is 1. The Kier molecular flexibility index (Phi) is 5.06. The molecular weight excluding hydrogens is 320 g/mol. The third-order valence-corrected chi connectivity index (χ3v) is 5.52. The lowest BCUT2D eigenvalue weighted by Gasteiger charge is -2.31. The minimum Gasteiger partial charge on any atom is -0.393 e. The molecule has 5 nitrogen and oxygen atoms in total. The van der Waals surface area contributed by atoms with Gasteiger partial charge in [0.15, 0.2) is 5.82 Å². The molecule has 0 aliphatic carbocycles. The third-order valence-electron chi connectivity index (χ3n) is 4.20. The summed E-state index contributed by atoms with van der Waals surface area (Å²) in [6, 6.07) is 4.01. The highest BCUT2D eigenvalue weighted by Crippen LogP contribution is 2.28. The van der Waals surface area contributed by atoms with E-state index in [4.69, 9.17) is 4.98 Å². The molecule has 3 rings (SSSR count). The molecule has 1 saturated heterocycles. The molecule has 24 heavy (non-hydrogen) atoms. The zero-order chi connectivity index (χ0) is 17.2. The van der Waals surface area contributed by atoms with E-state index in [0.717, 1.165) is 48.1 Å². The van der Waals surface area contributed by atoms with Gasteiger partial charge in [0.25, 0.3) is 0 Å². The number of pyridine rings is 1. The van der Waals surface area contributed by atoms with Crippen LogP contribution in [0.15, 0.2) is 23.7 Å². The minimum absolute atomic E-state index is 0.0943. The fourth-order valence-electron chi connectivity index (χ4n) is 2.78. The fourth-order valence-corrected chi connectivity index (χ4v) is 3.69. The average Bonchev–Trinajstić information content (AvgIpc) is 3.03. The van der Waals surface area contributed by atoms with E-state index in [1.54, 1.807) is 11.3 Å². The lowest BCUT2D eigenvalue weighted by Crippen LogP contribution is -2.36. The molecule has 2 N–H and O–H groups in total. The minimum atomic E-state index is -0.174. The molecule has 0 amide bonds. The second-order valence-electron chi connectivity index (χ2n) is 7.34. The molecule has 1 aliphatic heterocycles. The molecule has 0 saturated carbocycles. The average molecular weight is 347 g/mol. The van der Waals surface area contributed by atoms with Gasteiger partial charge < -0.3 is 15.3 Å². The summed E-state index contributed by atoms with van der Waals surface area (Å²) >= 11 is 1.72. The standard InChI is InChI=1S/C18H26N4OS/c1-18(2,3)17-21-13(12-24-17)11-20-15-5-4-8-19-16(15)22-9-6-14(23)7-10-22/h4-5,8,12,14,20,23H,6-7,9-11H2,1-3H3. The number of rotatable bonds is 4. The summed E-state index contributed by atoms with van der Waals surface area (Å²) in [6.07, 6.45) is 3.26. The molecule has 0 unspecified atom stereocenters. The molecule has 3 heterocycles. The van der Waals surface area contributed by atoms with Crippen molar-refractivity contribution in [2.75, 3.05) is 23.3 Å². The zero-order valence-electron chi connectivity index (χ0n) is 14.6. The molecule has 1 fully saturated rings. The van der Waals surface area contributed by atoms with Gasteiger partial charge in [-0.25, -0.2) is 9.97 Å². The Bertz CT molecular complexity index is 672. The van der Waals surface area contributed by atoms with Gasteiger partial charge in [0.1, 0.15) is 0 Å². The number of thiazole rings is 1. The van der Waals surface area contributed by atoms with Gasteiger partial charge in [-0.1, -0.05) is 20.8 Å². The van der Waals surface area contributed by atoms with Gasteiger partial charge in [-0.2, -0.15) is 0 Å². The lowest BCUT2D eigenvalue weighted by atomic mass is 9.98. The summed E-state index contributed by atoms with van der Waals surface area (Å²) in [7, 11) is 0. The number of aliphatic hydroxyl groups is 1. The molecule has 2 aromatic rings.